The minimum absolute atomic E-state index is 0.142. The zero-order valence-electron chi connectivity index (χ0n) is 15.0. The molecule has 2 rings (SSSR count). The number of aromatic amines is 1. The van der Waals surface area contributed by atoms with E-state index in [0.29, 0.717) is 18.5 Å². The van der Waals surface area contributed by atoms with Gasteiger partial charge >= 0.3 is 5.97 Å². The first-order chi connectivity index (χ1) is 11.0. The van der Waals surface area contributed by atoms with Gasteiger partial charge in [-0.1, -0.05) is 20.8 Å². The summed E-state index contributed by atoms with van der Waals surface area (Å²) in [5, 5.41) is 10.3. The molecule has 1 aromatic heterocycles. The molecule has 0 aliphatic heterocycles. The van der Waals surface area contributed by atoms with E-state index in [1.54, 1.807) is 6.07 Å². The van der Waals surface area contributed by atoms with Crippen molar-refractivity contribution in [3.05, 3.63) is 35.3 Å². The quantitative estimate of drug-likeness (QED) is 0.571. The summed E-state index contributed by atoms with van der Waals surface area (Å²) in [6, 6.07) is 4.33. The third-order valence-electron chi connectivity index (χ3n) is 4.92. The zero-order chi connectivity index (χ0) is 18.1. The SMILES string of the molecule is CC(C)(C)[Si](C)(C)OCCCc1c(C(=O)O)[nH]c2cc(F)ccc12. The number of H-pyrrole nitrogens is 1. The molecule has 132 valence electrons. The number of carboxylic acids is 1. The van der Waals surface area contributed by atoms with Crippen molar-refractivity contribution in [1.29, 1.82) is 0 Å². The van der Waals surface area contributed by atoms with Crippen LogP contribution >= 0.6 is 0 Å². The number of halogens is 1. The normalized spacial score (nSPS) is 12.8. The Labute approximate surface area is 143 Å². The van der Waals surface area contributed by atoms with E-state index in [1.165, 1.54) is 12.1 Å². The number of fused-ring (bicyclic) bond motifs is 1. The summed E-state index contributed by atoms with van der Waals surface area (Å²) in [7, 11) is -1.80. The fraction of sp³-hybridized carbons (Fsp3) is 0.500. The van der Waals surface area contributed by atoms with Gasteiger partial charge in [-0.25, -0.2) is 9.18 Å². The largest absolute Gasteiger partial charge is 0.477 e. The maximum Gasteiger partial charge on any atom is 0.352 e. The van der Waals surface area contributed by atoms with Crippen LogP contribution in [0.4, 0.5) is 4.39 Å². The predicted molar refractivity (Wildman–Crippen MR) is 96.7 cm³/mol. The summed E-state index contributed by atoms with van der Waals surface area (Å²) in [5.41, 5.74) is 1.38. The van der Waals surface area contributed by atoms with Gasteiger partial charge in [0.05, 0.1) is 0 Å². The number of carbonyl (C=O) groups is 1. The van der Waals surface area contributed by atoms with Gasteiger partial charge in [0.1, 0.15) is 11.5 Å². The van der Waals surface area contributed by atoms with Crippen LogP contribution in [0.15, 0.2) is 18.2 Å². The fourth-order valence-corrected chi connectivity index (χ4v) is 3.55. The number of benzene rings is 1. The van der Waals surface area contributed by atoms with Crippen LogP contribution in [0.25, 0.3) is 10.9 Å². The molecule has 0 bridgehead atoms. The van der Waals surface area contributed by atoms with Crippen LogP contribution in [0.5, 0.6) is 0 Å². The highest BCUT2D eigenvalue weighted by Gasteiger charge is 2.36. The Bertz CT molecular complexity index is 747. The van der Waals surface area contributed by atoms with Gasteiger partial charge in [-0.05, 0) is 54.7 Å². The van der Waals surface area contributed by atoms with Crippen molar-refractivity contribution >= 4 is 25.2 Å². The Morgan fingerprint density at radius 2 is 2.00 bits per heavy atom. The van der Waals surface area contributed by atoms with Crippen LogP contribution in [-0.2, 0) is 10.8 Å². The molecule has 2 aromatic rings. The van der Waals surface area contributed by atoms with Crippen molar-refractivity contribution in [2.75, 3.05) is 6.61 Å². The molecule has 0 atom stereocenters. The molecule has 0 unspecified atom stereocenters. The molecule has 0 radical (unpaired) electrons. The van der Waals surface area contributed by atoms with Gasteiger partial charge in [-0.15, -0.1) is 0 Å². The van der Waals surface area contributed by atoms with Gasteiger partial charge < -0.3 is 14.5 Å². The Hall–Kier alpha value is -1.66. The van der Waals surface area contributed by atoms with Crippen molar-refractivity contribution in [2.45, 2.75) is 51.7 Å². The molecule has 0 aliphatic carbocycles. The van der Waals surface area contributed by atoms with Crippen molar-refractivity contribution < 1.29 is 18.7 Å². The molecule has 4 nitrogen and oxygen atoms in total. The number of aromatic nitrogens is 1. The molecular formula is C18H26FNO3Si. The molecule has 1 aromatic carbocycles. The van der Waals surface area contributed by atoms with Crippen LogP contribution < -0.4 is 0 Å². The topological polar surface area (TPSA) is 62.3 Å². The third kappa shape index (κ3) is 3.87. The lowest BCUT2D eigenvalue weighted by molar-refractivity contribution is 0.0690. The standard InChI is InChI=1S/C18H26FNO3Si/c1-18(2,3)24(4,5)23-10-6-7-14-13-9-8-12(19)11-15(13)20-16(14)17(21)22/h8-9,11,20H,6-7,10H2,1-5H3,(H,21,22). The second-order valence-corrected chi connectivity index (χ2v) is 12.5. The summed E-state index contributed by atoms with van der Waals surface area (Å²) < 4.78 is 19.5. The summed E-state index contributed by atoms with van der Waals surface area (Å²) in [6.07, 6.45) is 1.32. The van der Waals surface area contributed by atoms with Crippen molar-refractivity contribution in [2.24, 2.45) is 0 Å². The van der Waals surface area contributed by atoms with Crippen LogP contribution in [0, 0.1) is 5.82 Å². The molecule has 0 saturated heterocycles. The number of rotatable bonds is 6. The summed E-state index contributed by atoms with van der Waals surface area (Å²) in [6.45, 7) is 11.6. The minimum atomic E-state index is -1.80. The Kier molecular flexibility index (Phi) is 5.20. The Morgan fingerprint density at radius 1 is 1.33 bits per heavy atom. The highest BCUT2D eigenvalue weighted by molar-refractivity contribution is 6.74. The van der Waals surface area contributed by atoms with Crippen molar-refractivity contribution in [3.63, 3.8) is 0 Å². The van der Waals surface area contributed by atoms with Gasteiger partial charge in [-0.3, -0.25) is 0 Å². The van der Waals surface area contributed by atoms with E-state index in [-0.39, 0.29) is 16.5 Å². The van der Waals surface area contributed by atoms with Gasteiger partial charge in [-0.2, -0.15) is 0 Å². The van der Waals surface area contributed by atoms with E-state index in [0.717, 1.165) is 17.4 Å². The molecule has 2 N–H and O–H groups in total. The smallest absolute Gasteiger partial charge is 0.352 e. The highest BCUT2D eigenvalue weighted by atomic mass is 28.4. The number of aryl methyl sites for hydroxylation is 1. The van der Waals surface area contributed by atoms with E-state index in [4.69, 9.17) is 4.43 Å². The number of aromatic carboxylic acids is 1. The van der Waals surface area contributed by atoms with Crippen LogP contribution in [0.1, 0.15) is 43.2 Å². The number of hydrogen-bond donors (Lipinski definition) is 2. The average Bonchev–Trinajstić information content (AvgIpc) is 2.80. The van der Waals surface area contributed by atoms with Gasteiger partial charge in [0.2, 0.25) is 0 Å². The molecular weight excluding hydrogens is 325 g/mol. The second kappa shape index (κ2) is 6.68. The highest BCUT2D eigenvalue weighted by Crippen LogP contribution is 2.36. The first-order valence-corrected chi connectivity index (χ1v) is 11.1. The maximum atomic E-state index is 13.3. The number of nitrogens with one attached hydrogen (secondary N) is 1. The molecule has 1 heterocycles. The van der Waals surface area contributed by atoms with Gasteiger partial charge in [0, 0.05) is 17.5 Å². The summed E-state index contributed by atoms with van der Waals surface area (Å²) in [5.74, 6) is -1.40. The lowest BCUT2D eigenvalue weighted by atomic mass is 10.1. The molecule has 6 heteroatoms. The molecule has 0 aliphatic rings. The van der Waals surface area contributed by atoms with Crippen LogP contribution in [-0.4, -0.2) is 31.0 Å². The molecule has 24 heavy (non-hydrogen) atoms. The zero-order valence-corrected chi connectivity index (χ0v) is 16.0. The van der Waals surface area contributed by atoms with Gasteiger partial charge in [0.15, 0.2) is 8.32 Å². The van der Waals surface area contributed by atoms with Crippen LogP contribution in [0.3, 0.4) is 0 Å². The lowest BCUT2D eigenvalue weighted by Crippen LogP contribution is -2.41. The number of hydrogen-bond acceptors (Lipinski definition) is 2. The van der Waals surface area contributed by atoms with E-state index < -0.39 is 14.3 Å². The predicted octanol–water partition coefficient (Wildman–Crippen LogP) is 4.96. The summed E-state index contributed by atoms with van der Waals surface area (Å²) in [4.78, 5) is 14.3. The maximum absolute atomic E-state index is 13.3. The lowest BCUT2D eigenvalue weighted by Gasteiger charge is -2.36. The van der Waals surface area contributed by atoms with Crippen molar-refractivity contribution in [1.82, 2.24) is 4.98 Å². The summed E-state index contributed by atoms with van der Waals surface area (Å²) >= 11 is 0. The van der Waals surface area contributed by atoms with E-state index in [2.05, 4.69) is 38.8 Å². The fourth-order valence-electron chi connectivity index (χ4n) is 2.46. The molecule has 0 fully saturated rings. The van der Waals surface area contributed by atoms with E-state index in [9.17, 15) is 14.3 Å². The van der Waals surface area contributed by atoms with Crippen molar-refractivity contribution in [3.8, 4) is 0 Å². The third-order valence-corrected chi connectivity index (χ3v) is 9.46. The Balaban J connectivity index is 2.12. The second-order valence-electron chi connectivity index (χ2n) is 7.69. The van der Waals surface area contributed by atoms with Gasteiger partial charge in [0.25, 0.3) is 0 Å². The molecule has 0 saturated carbocycles. The Morgan fingerprint density at radius 3 is 2.58 bits per heavy atom. The average molecular weight is 351 g/mol. The minimum Gasteiger partial charge on any atom is -0.477 e. The molecule has 0 spiro atoms. The van der Waals surface area contributed by atoms with Crippen LogP contribution in [0.2, 0.25) is 18.1 Å². The monoisotopic (exact) mass is 351 g/mol. The number of carboxylic acid groups (broad SMARTS) is 1. The molecule has 0 amide bonds. The van der Waals surface area contributed by atoms with E-state index >= 15 is 0 Å². The first-order valence-electron chi connectivity index (χ1n) is 8.20. The van der Waals surface area contributed by atoms with E-state index in [1.807, 2.05) is 0 Å². The first kappa shape index (κ1) is 18.7.